The quantitative estimate of drug-likeness (QED) is 0.372. The van der Waals surface area contributed by atoms with E-state index in [9.17, 15) is 31.2 Å². The topological polar surface area (TPSA) is 80.8 Å². The van der Waals surface area contributed by atoms with Crippen LogP contribution in [0.4, 0.5) is 13.2 Å². The molecule has 25 heavy (non-hydrogen) atoms. The van der Waals surface area contributed by atoms with E-state index in [0.717, 1.165) is 9.87 Å². The van der Waals surface area contributed by atoms with Crippen LogP contribution in [0.5, 0.6) is 0 Å². The molecule has 6 nitrogen and oxygen atoms in total. The van der Waals surface area contributed by atoms with Gasteiger partial charge in [0.15, 0.2) is 0 Å². The Balaban J connectivity index is 2.61. The van der Waals surface area contributed by atoms with Gasteiger partial charge in [0.25, 0.3) is 0 Å². The third-order valence-corrected chi connectivity index (χ3v) is 5.08. The molecular weight excluding hydrogens is 363 g/mol. The third kappa shape index (κ3) is 6.46. The molecule has 0 fully saturated rings. The van der Waals surface area contributed by atoms with Crippen LogP contribution in [0.2, 0.25) is 0 Å². The zero-order valence-corrected chi connectivity index (χ0v) is 14.3. The molecular formula is C15H18F3NO5S. The first-order chi connectivity index (χ1) is 11.6. The van der Waals surface area contributed by atoms with Gasteiger partial charge in [0, 0.05) is 6.54 Å². The van der Waals surface area contributed by atoms with Crippen molar-refractivity contribution in [3.63, 3.8) is 0 Å². The molecule has 0 heterocycles. The van der Waals surface area contributed by atoms with E-state index < -0.39 is 28.8 Å². The average Bonchev–Trinajstić information content (AvgIpc) is 2.52. The number of esters is 1. The van der Waals surface area contributed by atoms with Crippen molar-refractivity contribution >= 4 is 22.3 Å². The fourth-order valence-electron chi connectivity index (χ4n) is 1.89. The summed E-state index contributed by atoms with van der Waals surface area (Å²) in [6.45, 7) is 0.844. The van der Waals surface area contributed by atoms with Crippen molar-refractivity contribution in [2.24, 2.45) is 0 Å². The van der Waals surface area contributed by atoms with E-state index in [1.54, 1.807) is 19.1 Å². The zero-order chi connectivity index (χ0) is 19.1. The number of carbonyl (C=O) groups excluding carboxylic acids is 2. The molecule has 0 saturated carbocycles. The number of sulfonamides is 1. The molecule has 0 radical (unpaired) electrons. The van der Waals surface area contributed by atoms with Gasteiger partial charge in [-0.3, -0.25) is 0 Å². The summed E-state index contributed by atoms with van der Waals surface area (Å²) in [5.74, 6) is -2.29. The lowest BCUT2D eigenvalue weighted by atomic mass is 10.2. The van der Waals surface area contributed by atoms with E-state index >= 15 is 0 Å². The first-order valence-corrected chi connectivity index (χ1v) is 8.77. The largest absolute Gasteiger partial charge is 0.490 e. The molecule has 0 amide bonds. The minimum Gasteiger partial charge on any atom is -0.459 e. The van der Waals surface area contributed by atoms with Crippen LogP contribution in [-0.4, -0.2) is 50.9 Å². The number of halogens is 3. The number of alkyl halides is 3. The van der Waals surface area contributed by atoms with Gasteiger partial charge in [0.2, 0.25) is 10.0 Å². The summed E-state index contributed by atoms with van der Waals surface area (Å²) in [7, 11) is -3.89. The maximum atomic E-state index is 12.5. The molecule has 0 atom stereocenters. The highest BCUT2D eigenvalue weighted by Crippen LogP contribution is 2.18. The molecule has 0 bridgehead atoms. The predicted molar refractivity (Wildman–Crippen MR) is 82.2 cm³/mol. The number of benzene rings is 1. The number of aryl methyl sites for hydroxylation is 1. The normalized spacial score (nSPS) is 12.2. The average molecular weight is 381 g/mol. The number of carbonyl (C=O) groups is 2. The molecule has 1 aromatic carbocycles. The van der Waals surface area contributed by atoms with Crippen molar-refractivity contribution < 1.29 is 35.9 Å². The summed E-state index contributed by atoms with van der Waals surface area (Å²) in [5, 5.41) is 0. The zero-order valence-electron chi connectivity index (χ0n) is 13.5. The van der Waals surface area contributed by atoms with Crippen LogP contribution in [-0.2, 0) is 24.3 Å². The third-order valence-electron chi connectivity index (χ3n) is 3.20. The Hall–Kier alpha value is -1.94. The lowest BCUT2D eigenvalue weighted by molar-refractivity contribution is -0.199. The molecule has 0 aliphatic heterocycles. The molecule has 0 N–H and O–H groups in total. The minimum atomic E-state index is -5.06. The minimum absolute atomic E-state index is 0.0171. The maximum Gasteiger partial charge on any atom is 0.490 e. The van der Waals surface area contributed by atoms with Crippen LogP contribution in [0.3, 0.4) is 0 Å². The van der Waals surface area contributed by atoms with Crippen LogP contribution in [0.1, 0.15) is 18.4 Å². The standard InChI is InChI=1S/C15H18F3NO5S/c1-12-4-6-13(7-5-12)25(22,23)19(9-10-20)8-2-3-11-24-14(21)15(16,17)18/h4-7,10H,2-3,8-9,11H2,1H3. The summed E-state index contributed by atoms with van der Waals surface area (Å²) >= 11 is 0. The van der Waals surface area contributed by atoms with Crippen LogP contribution >= 0.6 is 0 Å². The Kier molecular flexibility index (Phi) is 7.56. The first kappa shape index (κ1) is 21.1. The Morgan fingerprint density at radius 1 is 1.20 bits per heavy atom. The molecule has 0 aliphatic rings. The number of unbranched alkanes of at least 4 members (excludes halogenated alkanes) is 1. The van der Waals surface area contributed by atoms with Crippen molar-refractivity contribution in [1.82, 2.24) is 4.31 Å². The second-order valence-corrected chi connectivity index (χ2v) is 7.12. The SMILES string of the molecule is Cc1ccc(S(=O)(=O)N(CC=O)CCCCOC(=O)C(F)(F)F)cc1. The van der Waals surface area contributed by atoms with Gasteiger partial charge in [0.05, 0.1) is 18.0 Å². The summed E-state index contributed by atoms with van der Waals surface area (Å²) in [6.07, 6.45) is -4.47. The lowest BCUT2D eigenvalue weighted by Crippen LogP contribution is -2.34. The van der Waals surface area contributed by atoms with Gasteiger partial charge in [-0.2, -0.15) is 17.5 Å². The molecule has 1 rings (SSSR count). The van der Waals surface area contributed by atoms with Crippen LogP contribution in [0, 0.1) is 6.92 Å². The van der Waals surface area contributed by atoms with E-state index in [0.29, 0.717) is 6.29 Å². The van der Waals surface area contributed by atoms with E-state index in [-0.39, 0.29) is 30.8 Å². The van der Waals surface area contributed by atoms with Gasteiger partial charge in [-0.25, -0.2) is 13.2 Å². The van der Waals surface area contributed by atoms with Gasteiger partial charge in [-0.1, -0.05) is 17.7 Å². The van der Waals surface area contributed by atoms with Gasteiger partial charge in [-0.15, -0.1) is 0 Å². The van der Waals surface area contributed by atoms with E-state index in [4.69, 9.17) is 0 Å². The van der Waals surface area contributed by atoms with Crippen molar-refractivity contribution in [2.45, 2.75) is 30.8 Å². The summed E-state index contributed by atoms with van der Waals surface area (Å²) in [6, 6.07) is 6.05. The molecule has 140 valence electrons. The summed E-state index contributed by atoms with van der Waals surface area (Å²) in [4.78, 5) is 21.3. The molecule has 0 aromatic heterocycles. The second-order valence-electron chi connectivity index (χ2n) is 5.18. The lowest BCUT2D eigenvalue weighted by Gasteiger charge is -2.20. The van der Waals surface area contributed by atoms with Crippen molar-refractivity contribution in [3.05, 3.63) is 29.8 Å². The predicted octanol–water partition coefficient (Wildman–Crippen LogP) is 2.07. The fraction of sp³-hybridized carbons (Fsp3) is 0.467. The van der Waals surface area contributed by atoms with Crippen LogP contribution in [0.25, 0.3) is 0 Å². The molecule has 0 aliphatic carbocycles. The van der Waals surface area contributed by atoms with Crippen molar-refractivity contribution in [1.29, 1.82) is 0 Å². The molecule has 1 aromatic rings. The Labute approximate surface area is 143 Å². The molecule has 10 heteroatoms. The van der Waals surface area contributed by atoms with Crippen molar-refractivity contribution in [3.8, 4) is 0 Å². The molecule has 0 unspecified atom stereocenters. The highest BCUT2D eigenvalue weighted by atomic mass is 32.2. The van der Waals surface area contributed by atoms with E-state index in [1.807, 2.05) is 0 Å². The van der Waals surface area contributed by atoms with E-state index in [1.165, 1.54) is 12.1 Å². The number of hydrogen-bond acceptors (Lipinski definition) is 5. The highest BCUT2D eigenvalue weighted by molar-refractivity contribution is 7.89. The first-order valence-electron chi connectivity index (χ1n) is 7.33. The summed E-state index contributed by atoms with van der Waals surface area (Å²) < 4.78 is 65.8. The second kappa shape index (κ2) is 8.95. The fourth-order valence-corrected chi connectivity index (χ4v) is 3.29. The number of rotatable bonds is 9. The van der Waals surface area contributed by atoms with Crippen LogP contribution in [0.15, 0.2) is 29.2 Å². The van der Waals surface area contributed by atoms with Crippen LogP contribution < -0.4 is 0 Å². The monoisotopic (exact) mass is 381 g/mol. The van der Waals surface area contributed by atoms with Crippen molar-refractivity contribution in [2.75, 3.05) is 19.7 Å². The van der Waals surface area contributed by atoms with Gasteiger partial charge >= 0.3 is 12.1 Å². The van der Waals surface area contributed by atoms with Gasteiger partial charge in [-0.05, 0) is 31.9 Å². The number of nitrogens with zero attached hydrogens (tertiary/aromatic N) is 1. The molecule has 0 spiro atoms. The van der Waals surface area contributed by atoms with E-state index in [2.05, 4.69) is 4.74 Å². The number of hydrogen-bond donors (Lipinski definition) is 0. The molecule has 0 saturated heterocycles. The maximum absolute atomic E-state index is 12.5. The number of ether oxygens (including phenoxy) is 1. The highest BCUT2D eigenvalue weighted by Gasteiger charge is 2.40. The Bertz CT molecular complexity index is 686. The van der Waals surface area contributed by atoms with Gasteiger partial charge < -0.3 is 9.53 Å². The smallest absolute Gasteiger partial charge is 0.459 e. The van der Waals surface area contributed by atoms with Gasteiger partial charge in [0.1, 0.15) is 6.29 Å². The number of aldehydes is 1. The Morgan fingerprint density at radius 2 is 1.80 bits per heavy atom. The Morgan fingerprint density at radius 3 is 2.32 bits per heavy atom. The summed E-state index contributed by atoms with van der Waals surface area (Å²) in [5.41, 5.74) is 0.868.